The molecule has 7 nitrogen and oxygen atoms in total. The molecule has 1 atom stereocenters. The van der Waals surface area contributed by atoms with Gasteiger partial charge in [-0.1, -0.05) is 5.16 Å². The molecule has 7 heteroatoms. The van der Waals surface area contributed by atoms with Gasteiger partial charge in [0.2, 0.25) is 5.89 Å². The molecule has 0 radical (unpaired) electrons. The summed E-state index contributed by atoms with van der Waals surface area (Å²) in [7, 11) is 1.92. The number of aliphatic hydroxyl groups is 1. The van der Waals surface area contributed by atoms with Crippen LogP contribution in [-0.4, -0.2) is 42.8 Å². The van der Waals surface area contributed by atoms with Crippen LogP contribution in [0.2, 0.25) is 0 Å². The molecule has 1 aliphatic carbocycles. The Bertz CT molecular complexity index is 655. The zero-order chi connectivity index (χ0) is 15.8. The van der Waals surface area contributed by atoms with Crippen LogP contribution >= 0.6 is 0 Å². The van der Waals surface area contributed by atoms with Gasteiger partial charge in [0.15, 0.2) is 5.82 Å². The van der Waals surface area contributed by atoms with E-state index >= 15 is 0 Å². The van der Waals surface area contributed by atoms with E-state index < -0.39 is 6.10 Å². The van der Waals surface area contributed by atoms with Crippen molar-refractivity contribution in [3.63, 3.8) is 0 Å². The second-order valence-corrected chi connectivity index (χ2v) is 6.78. The number of imidazole rings is 1. The van der Waals surface area contributed by atoms with Crippen molar-refractivity contribution >= 4 is 0 Å². The molecule has 1 aliphatic heterocycles. The van der Waals surface area contributed by atoms with E-state index in [1.54, 1.807) is 6.20 Å². The van der Waals surface area contributed by atoms with E-state index in [1.165, 1.54) is 12.8 Å². The third kappa shape index (κ3) is 3.16. The van der Waals surface area contributed by atoms with Crippen LogP contribution < -0.4 is 0 Å². The van der Waals surface area contributed by atoms with E-state index in [-0.39, 0.29) is 5.92 Å². The van der Waals surface area contributed by atoms with Gasteiger partial charge in [-0.05, 0) is 44.7 Å². The Morgan fingerprint density at radius 1 is 1.30 bits per heavy atom. The average Bonchev–Trinajstić information content (AvgIpc) is 3.16. The van der Waals surface area contributed by atoms with Gasteiger partial charge in [0.25, 0.3) is 0 Å². The first-order valence-electron chi connectivity index (χ1n) is 8.41. The van der Waals surface area contributed by atoms with Crippen LogP contribution in [0.4, 0.5) is 0 Å². The van der Waals surface area contributed by atoms with Crippen molar-refractivity contribution in [3.05, 3.63) is 29.9 Å². The summed E-state index contributed by atoms with van der Waals surface area (Å²) >= 11 is 0. The average molecular weight is 317 g/mol. The van der Waals surface area contributed by atoms with Crippen molar-refractivity contribution in [1.29, 1.82) is 0 Å². The summed E-state index contributed by atoms with van der Waals surface area (Å²) in [6, 6.07) is 0. The molecule has 2 fully saturated rings. The van der Waals surface area contributed by atoms with Crippen molar-refractivity contribution < 1.29 is 9.63 Å². The second kappa shape index (κ2) is 6.05. The number of hydrogen-bond acceptors (Lipinski definition) is 6. The van der Waals surface area contributed by atoms with E-state index in [2.05, 4.69) is 20.0 Å². The van der Waals surface area contributed by atoms with Crippen LogP contribution in [-0.2, 0) is 13.6 Å². The predicted molar refractivity (Wildman–Crippen MR) is 82.4 cm³/mol. The van der Waals surface area contributed by atoms with Gasteiger partial charge >= 0.3 is 0 Å². The molecule has 2 aromatic heterocycles. The number of hydrogen-bond donors (Lipinski definition) is 1. The first-order chi connectivity index (χ1) is 11.2. The highest BCUT2D eigenvalue weighted by molar-refractivity contribution is 5.02. The van der Waals surface area contributed by atoms with Gasteiger partial charge < -0.3 is 14.2 Å². The second-order valence-electron chi connectivity index (χ2n) is 6.78. The maximum absolute atomic E-state index is 10.5. The quantitative estimate of drug-likeness (QED) is 0.903. The Balaban J connectivity index is 1.31. The summed E-state index contributed by atoms with van der Waals surface area (Å²) in [4.78, 5) is 11.1. The summed E-state index contributed by atoms with van der Waals surface area (Å²) in [6.07, 6.45) is 7.41. The maximum atomic E-state index is 10.5. The largest absolute Gasteiger partial charge is 0.385 e. The smallest absolute Gasteiger partial charge is 0.229 e. The number of aryl methyl sites for hydroxylation is 1. The molecule has 4 rings (SSSR count). The molecule has 1 saturated heterocycles. The first-order valence-corrected chi connectivity index (χ1v) is 8.41. The van der Waals surface area contributed by atoms with E-state index in [1.807, 2.05) is 17.8 Å². The fraction of sp³-hybridized carbons (Fsp3) is 0.688. The number of rotatable bonds is 5. The Morgan fingerprint density at radius 3 is 2.74 bits per heavy atom. The Hall–Kier alpha value is -1.73. The minimum absolute atomic E-state index is 0.264. The minimum Gasteiger partial charge on any atom is -0.385 e. The minimum atomic E-state index is -0.483. The van der Waals surface area contributed by atoms with Gasteiger partial charge in [-0.15, -0.1) is 0 Å². The topological polar surface area (TPSA) is 80.2 Å². The number of aromatic nitrogens is 4. The molecule has 0 amide bonds. The summed E-state index contributed by atoms with van der Waals surface area (Å²) < 4.78 is 7.21. The molecule has 1 unspecified atom stereocenters. The molecule has 0 spiro atoms. The molecule has 2 aromatic rings. The summed E-state index contributed by atoms with van der Waals surface area (Å²) in [5, 5.41) is 14.6. The van der Waals surface area contributed by atoms with Crippen LogP contribution in [0.5, 0.6) is 0 Å². The van der Waals surface area contributed by atoms with Crippen molar-refractivity contribution in [2.75, 3.05) is 13.1 Å². The molecule has 1 saturated carbocycles. The van der Waals surface area contributed by atoms with Gasteiger partial charge in [-0.2, -0.15) is 4.98 Å². The van der Waals surface area contributed by atoms with Crippen molar-refractivity contribution in [2.45, 2.75) is 44.2 Å². The van der Waals surface area contributed by atoms with Gasteiger partial charge in [-0.3, -0.25) is 4.90 Å². The van der Waals surface area contributed by atoms with Crippen LogP contribution in [0.25, 0.3) is 0 Å². The highest BCUT2D eigenvalue weighted by Crippen LogP contribution is 2.39. The van der Waals surface area contributed by atoms with Gasteiger partial charge in [0, 0.05) is 25.4 Å². The van der Waals surface area contributed by atoms with E-state index in [0.29, 0.717) is 5.92 Å². The highest BCUT2D eigenvalue weighted by atomic mass is 16.5. The van der Waals surface area contributed by atoms with Crippen LogP contribution in [0.3, 0.4) is 0 Å². The lowest BCUT2D eigenvalue weighted by Gasteiger charge is -2.33. The fourth-order valence-corrected chi connectivity index (χ4v) is 3.33. The van der Waals surface area contributed by atoms with Gasteiger partial charge in [0.05, 0.1) is 6.54 Å². The molecular formula is C16H23N5O2. The van der Waals surface area contributed by atoms with Crippen LogP contribution in [0.15, 0.2) is 16.9 Å². The third-order valence-electron chi connectivity index (χ3n) is 4.98. The van der Waals surface area contributed by atoms with Crippen LogP contribution in [0.1, 0.15) is 55.2 Å². The summed E-state index contributed by atoms with van der Waals surface area (Å²) in [6.45, 7) is 2.63. The standard InChI is InChI=1S/C16H23N5O2/c1-20-9-6-17-15(20)14(22)11-4-7-21(8-5-11)10-13-18-16(23-19-13)12-2-3-12/h6,9,11-12,14,22H,2-5,7-8,10H2,1H3. The van der Waals surface area contributed by atoms with Crippen LogP contribution in [0, 0.1) is 5.92 Å². The Morgan fingerprint density at radius 2 is 2.09 bits per heavy atom. The monoisotopic (exact) mass is 317 g/mol. The summed E-state index contributed by atoms with van der Waals surface area (Å²) in [5.74, 6) is 3.13. The molecule has 124 valence electrons. The van der Waals surface area contributed by atoms with E-state index in [0.717, 1.165) is 50.0 Å². The van der Waals surface area contributed by atoms with Crippen molar-refractivity contribution in [2.24, 2.45) is 13.0 Å². The number of aliphatic hydroxyl groups excluding tert-OH is 1. The molecule has 1 N–H and O–H groups in total. The number of piperidine rings is 1. The van der Waals surface area contributed by atoms with Crippen molar-refractivity contribution in [1.82, 2.24) is 24.6 Å². The predicted octanol–water partition coefficient (Wildman–Crippen LogP) is 1.63. The lowest BCUT2D eigenvalue weighted by Crippen LogP contribution is -2.35. The van der Waals surface area contributed by atoms with E-state index in [4.69, 9.17) is 4.52 Å². The van der Waals surface area contributed by atoms with E-state index in [9.17, 15) is 5.11 Å². The zero-order valence-corrected chi connectivity index (χ0v) is 13.4. The number of nitrogens with zero attached hydrogens (tertiary/aromatic N) is 5. The lowest BCUT2D eigenvalue weighted by molar-refractivity contribution is 0.0484. The normalized spacial score (nSPS) is 21.7. The first kappa shape index (κ1) is 14.8. The molecule has 0 bridgehead atoms. The highest BCUT2D eigenvalue weighted by Gasteiger charge is 2.31. The van der Waals surface area contributed by atoms with Gasteiger partial charge in [-0.25, -0.2) is 4.98 Å². The maximum Gasteiger partial charge on any atom is 0.229 e. The molecule has 23 heavy (non-hydrogen) atoms. The fourth-order valence-electron chi connectivity index (χ4n) is 3.33. The Kier molecular flexibility index (Phi) is 3.90. The Labute approximate surface area is 135 Å². The molecular weight excluding hydrogens is 294 g/mol. The zero-order valence-electron chi connectivity index (χ0n) is 13.4. The van der Waals surface area contributed by atoms with Gasteiger partial charge in [0.1, 0.15) is 11.9 Å². The molecule has 2 aliphatic rings. The number of likely N-dealkylation sites (tertiary alicyclic amines) is 1. The van der Waals surface area contributed by atoms with Crippen molar-refractivity contribution in [3.8, 4) is 0 Å². The molecule has 0 aromatic carbocycles. The SMILES string of the molecule is Cn1ccnc1C(O)C1CCN(Cc2noc(C3CC3)n2)CC1. The molecule has 3 heterocycles. The third-order valence-corrected chi connectivity index (χ3v) is 4.98. The summed E-state index contributed by atoms with van der Waals surface area (Å²) in [5.41, 5.74) is 0. The lowest BCUT2D eigenvalue weighted by atomic mass is 9.90.